The first kappa shape index (κ1) is 36.1. The molecule has 3 nitrogen and oxygen atoms in total. The third-order valence-corrected chi connectivity index (χ3v) is 8.19. The van der Waals surface area contributed by atoms with Crippen molar-refractivity contribution in [2.24, 2.45) is 10.9 Å². The van der Waals surface area contributed by atoms with Crippen LogP contribution < -0.4 is 10.4 Å². The van der Waals surface area contributed by atoms with E-state index in [9.17, 15) is 5.11 Å². The molecule has 0 aliphatic carbocycles. The van der Waals surface area contributed by atoms with Gasteiger partial charge in [-0.1, -0.05) is 98.5 Å². The Morgan fingerprint density at radius 2 is 1.79 bits per heavy atom. The van der Waals surface area contributed by atoms with Crippen LogP contribution in [0.25, 0.3) is 28.9 Å². The highest BCUT2D eigenvalue weighted by Gasteiger charge is 2.25. The van der Waals surface area contributed by atoms with Crippen LogP contribution in [-0.2, 0) is 0 Å². The monoisotopic (exact) mass is 618 g/mol. The van der Waals surface area contributed by atoms with Crippen molar-refractivity contribution in [1.29, 1.82) is 0 Å². The van der Waals surface area contributed by atoms with Gasteiger partial charge in [-0.3, -0.25) is 9.98 Å². The van der Waals surface area contributed by atoms with Crippen molar-refractivity contribution in [2.75, 3.05) is 0 Å². The summed E-state index contributed by atoms with van der Waals surface area (Å²) in [5.74, 6) is 5.57. The third-order valence-electron chi connectivity index (χ3n) is 8.19. The molecule has 0 saturated heterocycles. The molecule has 0 amide bonds. The third kappa shape index (κ3) is 10.3. The number of benzene rings is 2. The summed E-state index contributed by atoms with van der Waals surface area (Å²) in [7, 11) is 0. The lowest BCUT2D eigenvalue weighted by atomic mass is 9.78. The molecule has 3 aromatic rings. The number of hydrogen-bond acceptors (Lipinski definition) is 3. The molecule has 2 aromatic carbocycles. The number of pyridine rings is 1. The van der Waals surface area contributed by atoms with Crippen LogP contribution in [0.3, 0.4) is 0 Å². The maximum Gasteiger partial charge on any atom is 0.0960 e. The van der Waals surface area contributed by atoms with Crippen molar-refractivity contribution >= 4 is 24.4 Å². The van der Waals surface area contributed by atoms with Crippen molar-refractivity contribution < 1.29 is 5.11 Å². The van der Waals surface area contributed by atoms with Gasteiger partial charge in [-0.05, 0) is 103 Å². The fraction of sp³-hybridized carbons (Fsp3) is 0.227. The van der Waals surface area contributed by atoms with Gasteiger partial charge in [0.05, 0.1) is 5.76 Å². The Hall–Kier alpha value is -5.38. The molecule has 238 valence electrons. The topological polar surface area (TPSA) is 45.5 Å². The highest BCUT2D eigenvalue weighted by Crippen LogP contribution is 2.40. The van der Waals surface area contributed by atoms with Crippen molar-refractivity contribution in [1.82, 2.24) is 4.98 Å². The van der Waals surface area contributed by atoms with E-state index in [2.05, 4.69) is 84.0 Å². The summed E-state index contributed by atoms with van der Waals surface area (Å²) in [5, 5.41) is 13.6. The minimum Gasteiger partial charge on any atom is -0.512 e. The van der Waals surface area contributed by atoms with Gasteiger partial charge in [0.15, 0.2) is 0 Å². The minimum atomic E-state index is -0.186. The average Bonchev–Trinajstić information content (AvgIpc) is 3.11. The molecule has 0 aliphatic rings. The summed E-state index contributed by atoms with van der Waals surface area (Å²) in [6.45, 7) is 11.8. The number of allylic oxidation sites excluding steroid dienone is 9. The smallest absolute Gasteiger partial charge is 0.0960 e. The second-order valence-corrected chi connectivity index (χ2v) is 11.3. The Morgan fingerprint density at radius 3 is 2.45 bits per heavy atom. The van der Waals surface area contributed by atoms with Crippen molar-refractivity contribution in [3.8, 4) is 35.8 Å². The number of hydrogen-bond donors (Lipinski definition) is 1. The molecule has 3 rings (SSSR count). The van der Waals surface area contributed by atoms with E-state index < -0.39 is 0 Å². The molecule has 1 heterocycles. The second kappa shape index (κ2) is 19.2. The molecule has 0 radical (unpaired) electrons. The van der Waals surface area contributed by atoms with Crippen molar-refractivity contribution in [2.45, 2.75) is 59.8 Å². The van der Waals surface area contributed by atoms with Gasteiger partial charge >= 0.3 is 0 Å². The van der Waals surface area contributed by atoms with Crippen LogP contribution in [0.4, 0.5) is 0 Å². The Kier molecular flexibility index (Phi) is 14.7. The normalized spacial score (nSPS) is 14.7. The predicted octanol–water partition coefficient (Wildman–Crippen LogP) is 9.56. The summed E-state index contributed by atoms with van der Waals surface area (Å²) in [6, 6.07) is 20.5. The predicted molar refractivity (Wildman–Crippen MR) is 203 cm³/mol. The van der Waals surface area contributed by atoms with Gasteiger partial charge in [0.1, 0.15) is 0 Å². The van der Waals surface area contributed by atoms with E-state index >= 15 is 0 Å². The average molecular weight is 619 g/mol. The standard InChI is InChI=1S/C44H46N2O/c1-8-18-35(27-28-37-22-14-13-21-36(37)19-9-2)20-12-15-26-41(44(43(47)11-4)34(6)33(5)10-3)42(32-45-7)39-24-16-23-38(30-39)40-25-17-29-46-31-40/h2-3,12-14,16-25,28-32,41,47H,7-8,11,15,26-27H2,1,4-6H3/b20-12-,34-33-,35-18+,36-19-,37-28-,42-32-,44-43-. The van der Waals surface area contributed by atoms with Crippen LogP contribution in [-0.4, -0.2) is 16.8 Å². The molecule has 1 atom stereocenters. The van der Waals surface area contributed by atoms with Gasteiger partial charge in [-0.2, -0.15) is 0 Å². The van der Waals surface area contributed by atoms with Gasteiger partial charge in [0, 0.05) is 47.6 Å². The van der Waals surface area contributed by atoms with Gasteiger partial charge < -0.3 is 5.11 Å². The zero-order chi connectivity index (χ0) is 34.0. The molecule has 1 N–H and O–H groups in total. The van der Waals surface area contributed by atoms with Crippen molar-refractivity contribution in [3.05, 3.63) is 142 Å². The first-order valence-electron chi connectivity index (χ1n) is 16.2. The molecule has 3 heteroatoms. The Labute approximate surface area is 281 Å². The lowest BCUT2D eigenvalue weighted by Gasteiger charge is -2.26. The molecular formula is C44H46N2O. The lowest BCUT2D eigenvalue weighted by Crippen LogP contribution is -2.23. The maximum absolute atomic E-state index is 11.4. The summed E-state index contributed by atoms with van der Waals surface area (Å²) in [4.78, 5) is 8.56. The molecule has 0 aliphatic heterocycles. The highest BCUT2D eigenvalue weighted by molar-refractivity contribution is 5.76. The van der Waals surface area contributed by atoms with E-state index in [0.29, 0.717) is 12.2 Å². The highest BCUT2D eigenvalue weighted by atomic mass is 16.3. The minimum absolute atomic E-state index is 0.186. The van der Waals surface area contributed by atoms with E-state index in [0.717, 1.165) is 75.1 Å². The lowest BCUT2D eigenvalue weighted by molar-refractivity contribution is 0.381. The van der Waals surface area contributed by atoms with Crippen LogP contribution >= 0.6 is 0 Å². The van der Waals surface area contributed by atoms with E-state index in [1.807, 2.05) is 69.6 Å². The molecular weight excluding hydrogens is 572 g/mol. The Bertz CT molecular complexity index is 1890. The summed E-state index contributed by atoms with van der Waals surface area (Å²) >= 11 is 0. The molecule has 0 spiro atoms. The number of nitrogens with zero attached hydrogens (tertiary/aromatic N) is 2. The van der Waals surface area contributed by atoms with Crippen LogP contribution in [0.15, 0.2) is 131 Å². The van der Waals surface area contributed by atoms with E-state index in [1.165, 1.54) is 5.57 Å². The maximum atomic E-state index is 11.4. The Morgan fingerprint density at radius 1 is 1.02 bits per heavy atom. The first-order valence-corrected chi connectivity index (χ1v) is 16.2. The fourth-order valence-corrected chi connectivity index (χ4v) is 5.64. The van der Waals surface area contributed by atoms with Gasteiger partial charge in [-0.15, -0.1) is 12.8 Å². The summed E-state index contributed by atoms with van der Waals surface area (Å²) in [6.07, 6.45) is 31.3. The van der Waals surface area contributed by atoms with E-state index in [4.69, 9.17) is 12.8 Å². The first-order chi connectivity index (χ1) is 22.9. The number of aliphatic hydroxyl groups excluding tert-OH is 1. The largest absolute Gasteiger partial charge is 0.512 e. The number of aromatic nitrogens is 1. The summed E-state index contributed by atoms with van der Waals surface area (Å²) in [5.41, 5.74) is 7.83. The molecule has 47 heavy (non-hydrogen) atoms. The number of rotatable bonds is 14. The fourth-order valence-electron chi connectivity index (χ4n) is 5.64. The molecule has 1 unspecified atom stereocenters. The van der Waals surface area contributed by atoms with Crippen molar-refractivity contribution in [3.63, 3.8) is 0 Å². The molecule has 1 aromatic heterocycles. The van der Waals surface area contributed by atoms with Crippen LogP contribution in [0.5, 0.6) is 0 Å². The molecule has 0 fully saturated rings. The zero-order valence-electron chi connectivity index (χ0n) is 28.2. The molecule has 0 bridgehead atoms. The van der Waals surface area contributed by atoms with Crippen LogP contribution in [0, 0.1) is 30.6 Å². The molecule has 0 saturated carbocycles. The quantitative estimate of drug-likeness (QED) is 0.0846. The van der Waals surface area contributed by atoms with Gasteiger partial charge in [0.25, 0.3) is 0 Å². The number of terminal acetylenes is 2. The zero-order valence-corrected chi connectivity index (χ0v) is 28.2. The second-order valence-electron chi connectivity index (χ2n) is 11.3. The van der Waals surface area contributed by atoms with Gasteiger partial charge in [0.2, 0.25) is 0 Å². The van der Waals surface area contributed by atoms with E-state index in [1.54, 1.807) is 12.3 Å². The number of aliphatic hydroxyl groups is 1. The van der Waals surface area contributed by atoms with Gasteiger partial charge in [-0.25, -0.2) is 0 Å². The number of aliphatic imine (C=N–C) groups is 1. The van der Waals surface area contributed by atoms with E-state index in [-0.39, 0.29) is 5.92 Å². The van der Waals surface area contributed by atoms with Crippen LogP contribution in [0.1, 0.15) is 65.4 Å². The summed E-state index contributed by atoms with van der Waals surface area (Å²) < 4.78 is 0. The van der Waals surface area contributed by atoms with Crippen LogP contribution in [0.2, 0.25) is 0 Å². The Balaban J connectivity index is 2.05. The SMILES string of the molecule is C#C/C=c1/cccc/c1=C/CC(/C=C\CCC(/C(=C\N=C)c1cccc(-c2cccnc2)c1)C(/C(C)=C(/C)C#C)=C(\O)CC)=C/CC.